The van der Waals surface area contributed by atoms with E-state index in [1.807, 2.05) is 6.07 Å². The smallest absolute Gasteiger partial charge is 0.264 e. The van der Waals surface area contributed by atoms with E-state index in [4.69, 9.17) is 14.2 Å². The van der Waals surface area contributed by atoms with E-state index in [-0.39, 0.29) is 17.0 Å². The molecule has 0 aromatic heterocycles. The Hall–Kier alpha value is -3.72. The van der Waals surface area contributed by atoms with Crippen molar-refractivity contribution in [2.45, 2.75) is 11.4 Å². The van der Waals surface area contributed by atoms with Gasteiger partial charge in [-0.1, -0.05) is 18.2 Å². The third kappa shape index (κ3) is 5.20. The first-order chi connectivity index (χ1) is 15.8. The molecule has 0 aliphatic carbocycles. The molecule has 0 aliphatic rings. The van der Waals surface area contributed by atoms with Gasteiger partial charge in [-0.3, -0.25) is 9.10 Å². The fraction of sp³-hybridized carbons (Fsp3) is 0.208. The average Bonchev–Trinajstić information content (AvgIpc) is 2.86. The molecule has 0 unspecified atom stereocenters. The number of carbonyl (C=O) groups is 1. The average molecular weight is 471 g/mol. The van der Waals surface area contributed by atoms with Crippen LogP contribution >= 0.6 is 0 Å². The molecule has 3 aromatic carbocycles. The summed E-state index contributed by atoms with van der Waals surface area (Å²) in [4.78, 5) is 12.8. The number of anilines is 1. The molecule has 0 radical (unpaired) electrons. The highest BCUT2D eigenvalue weighted by Crippen LogP contribution is 2.30. The van der Waals surface area contributed by atoms with Crippen LogP contribution in [0.2, 0.25) is 0 Å². The van der Waals surface area contributed by atoms with Gasteiger partial charge in [0.15, 0.2) is 11.5 Å². The molecule has 1 N–H and O–H groups in total. The van der Waals surface area contributed by atoms with Crippen LogP contribution in [0.3, 0.4) is 0 Å². The first-order valence-electron chi connectivity index (χ1n) is 10.0. The largest absolute Gasteiger partial charge is 0.497 e. The molecular weight excluding hydrogens is 444 g/mol. The molecule has 0 spiro atoms. The third-order valence-corrected chi connectivity index (χ3v) is 6.90. The Morgan fingerprint density at radius 3 is 2.24 bits per heavy atom. The van der Waals surface area contributed by atoms with Gasteiger partial charge in [-0.15, -0.1) is 0 Å². The third-order valence-electron chi connectivity index (χ3n) is 5.11. The number of rotatable bonds is 9. The van der Waals surface area contributed by atoms with Gasteiger partial charge in [0.05, 0.1) is 31.9 Å². The topological polar surface area (TPSA) is 94.2 Å². The number of hydrogen-bond acceptors (Lipinski definition) is 6. The minimum Gasteiger partial charge on any atom is -0.497 e. The highest BCUT2D eigenvalue weighted by Gasteiger charge is 2.22. The molecule has 3 aromatic rings. The number of methoxy groups -OCH3 is 3. The molecule has 0 saturated heterocycles. The van der Waals surface area contributed by atoms with E-state index in [1.165, 1.54) is 46.6 Å². The molecule has 0 saturated carbocycles. The van der Waals surface area contributed by atoms with E-state index >= 15 is 0 Å². The summed E-state index contributed by atoms with van der Waals surface area (Å²) in [6, 6.07) is 17.9. The minimum atomic E-state index is -3.88. The lowest BCUT2D eigenvalue weighted by atomic mass is 10.1. The molecule has 0 atom stereocenters. The SMILES string of the molecule is COc1ccc(N(C)S(=O)(=O)c2cccc(C(=O)NCc3cccc(OC)c3OC)c2)cc1. The first-order valence-corrected chi connectivity index (χ1v) is 11.5. The van der Waals surface area contributed by atoms with E-state index in [9.17, 15) is 13.2 Å². The van der Waals surface area contributed by atoms with Crippen LogP contribution in [-0.2, 0) is 16.6 Å². The maximum Gasteiger partial charge on any atom is 0.264 e. The summed E-state index contributed by atoms with van der Waals surface area (Å²) in [7, 11) is 2.18. The van der Waals surface area contributed by atoms with Crippen molar-refractivity contribution in [3.05, 3.63) is 77.9 Å². The lowest BCUT2D eigenvalue weighted by molar-refractivity contribution is 0.0950. The van der Waals surface area contributed by atoms with E-state index < -0.39 is 15.9 Å². The summed E-state index contributed by atoms with van der Waals surface area (Å²) in [5.74, 6) is 1.29. The van der Waals surface area contributed by atoms with Crippen molar-refractivity contribution in [1.82, 2.24) is 5.32 Å². The highest BCUT2D eigenvalue weighted by atomic mass is 32.2. The van der Waals surface area contributed by atoms with Crippen molar-refractivity contribution in [3.8, 4) is 17.2 Å². The lowest BCUT2D eigenvalue weighted by Crippen LogP contribution is -2.27. The maximum atomic E-state index is 13.1. The summed E-state index contributed by atoms with van der Waals surface area (Å²) >= 11 is 0. The van der Waals surface area contributed by atoms with Gasteiger partial charge in [-0.05, 0) is 48.5 Å². The van der Waals surface area contributed by atoms with Gasteiger partial charge in [0.2, 0.25) is 0 Å². The molecule has 0 aliphatic heterocycles. The Labute approximate surface area is 193 Å². The zero-order valence-corrected chi connectivity index (χ0v) is 19.7. The zero-order valence-electron chi connectivity index (χ0n) is 18.9. The predicted octanol–water partition coefficient (Wildman–Crippen LogP) is 3.47. The number of nitrogens with zero attached hydrogens (tertiary/aromatic N) is 1. The van der Waals surface area contributed by atoms with Crippen LogP contribution in [0.1, 0.15) is 15.9 Å². The fourth-order valence-electron chi connectivity index (χ4n) is 3.26. The van der Waals surface area contributed by atoms with Gasteiger partial charge in [0.25, 0.3) is 15.9 Å². The van der Waals surface area contributed by atoms with Crippen molar-refractivity contribution in [1.29, 1.82) is 0 Å². The number of amides is 1. The van der Waals surface area contributed by atoms with E-state index in [1.54, 1.807) is 42.5 Å². The van der Waals surface area contributed by atoms with Crippen LogP contribution in [-0.4, -0.2) is 42.7 Å². The molecule has 3 rings (SSSR count). The standard InChI is InChI=1S/C24H26N2O6S/c1-26(19-11-13-20(30-2)14-12-19)33(28,29)21-9-5-7-17(15-21)24(27)25-16-18-8-6-10-22(31-3)23(18)32-4/h5-15H,16H2,1-4H3,(H,25,27). The van der Waals surface area contributed by atoms with Crippen LogP contribution in [0.4, 0.5) is 5.69 Å². The molecule has 1 amide bonds. The summed E-state index contributed by atoms with van der Waals surface area (Å²) in [6.07, 6.45) is 0. The second kappa shape index (κ2) is 10.3. The molecule has 33 heavy (non-hydrogen) atoms. The van der Waals surface area contributed by atoms with Gasteiger partial charge < -0.3 is 19.5 Å². The molecule has 0 bridgehead atoms. The Bertz CT molecular complexity index is 1230. The van der Waals surface area contributed by atoms with Gasteiger partial charge in [-0.25, -0.2) is 8.42 Å². The van der Waals surface area contributed by atoms with Crippen molar-refractivity contribution in [3.63, 3.8) is 0 Å². The first kappa shape index (κ1) is 23.9. The Morgan fingerprint density at radius 1 is 0.909 bits per heavy atom. The van der Waals surface area contributed by atoms with Gasteiger partial charge in [-0.2, -0.15) is 0 Å². The summed E-state index contributed by atoms with van der Waals surface area (Å²) in [6.45, 7) is 0.182. The van der Waals surface area contributed by atoms with E-state index in [0.29, 0.717) is 22.9 Å². The van der Waals surface area contributed by atoms with Crippen LogP contribution < -0.4 is 23.8 Å². The Morgan fingerprint density at radius 2 is 1.61 bits per heavy atom. The Balaban J connectivity index is 1.79. The minimum absolute atomic E-state index is 0.00688. The number of sulfonamides is 1. The molecule has 0 heterocycles. The van der Waals surface area contributed by atoms with E-state index in [2.05, 4.69) is 5.32 Å². The maximum absolute atomic E-state index is 13.1. The number of hydrogen-bond donors (Lipinski definition) is 1. The van der Waals surface area contributed by atoms with Crippen LogP contribution in [0.15, 0.2) is 71.6 Å². The van der Waals surface area contributed by atoms with E-state index in [0.717, 1.165) is 9.87 Å². The number of nitrogens with one attached hydrogen (secondary N) is 1. The Kier molecular flexibility index (Phi) is 7.44. The second-order valence-electron chi connectivity index (χ2n) is 7.03. The van der Waals surface area contributed by atoms with Crippen LogP contribution in [0, 0.1) is 0 Å². The zero-order chi connectivity index (χ0) is 24.0. The molecule has 9 heteroatoms. The lowest BCUT2D eigenvalue weighted by Gasteiger charge is -2.20. The summed E-state index contributed by atoms with van der Waals surface area (Å²) < 4.78 is 43.2. The van der Waals surface area contributed by atoms with Gasteiger partial charge in [0, 0.05) is 24.7 Å². The molecular formula is C24H26N2O6S. The summed E-state index contributed by atoms with van der Waals surface area (Å²) in [5.41, 5.74) is 1.42. The monoisotopic (exact) mass is 470 g/mol. The highest BCUT2D eigenvalue weighted by molar-refractivity contribution is 7.92. The molecule has 174 valence electrons. The number of para-hydroxylation sites is 1. The van der Waals surface area contributed by atoms with Crippen molar-refractivity contribution < 1.29 is 27.4 Å². The van der Waals surface area contributed by atoms with Crippen molar-refractivity contribution >= 4 is 21.6 Å². The fourth-order valence-corrected chi connectivity index (χ4v) is 4.50. The quantitative estimate of drug-likeness (QED) is 0.515. The predicted molar refractivity (Wildman–Crippen MR) is 126 cm³/mol. The van der Waals surface area contributed by atoms with Gasteiger partial charge in [0.1, 0.15) is 5.75 Å². The molecule has 8 nitrogen and oxygen atoms in total. The number of carbonyl (C=O) groups excluding carboxylic acids is 1. The van der Waals surface area contributed by atoms with Crippen molar-refractivity contribution in [2.75, 3.05) is 32.7 Å². The number of benzene rings is 3. The summed E-state index contributed by atoms with van der Waals surface area (Å²) in [5, 5.41) is 2.80. The van der Waals surface area contributed by atoms with Crippen molar-refractivity contribution in [2.24, 2.45) is 0 Å². The van der Waals surface area contributed by atoms with Crippen LogP contribution in [0.25, 0.3) is 0 Å². The second-order valence-corrected chi connectivity index (χ2v) is 9.00. The van der Waals surface area contributed by atoms with Crippen LogP contribution in [0.5, 0.6) is 17.2 Å². The van der Waals surface area contributed by atoms with Gasteiger partial charge >= 0.3 is 0 Å². The molecule has 0 fully saturated rings. The normalized spacial score (nSPS) is 10.9. The number of ether oxygens (including phenoxy) is 3.